The van der Waals surface area contributed by atoms with Crippen molar-refractivity contribution in [1.29, 1.82) is 0 Å². The molecule has 0 aliphatic rings. The second-order valence-corrected chi connectivity index (χ2v) is 7.18. The number of carbonyl (C=O) groups is 1. The lowest BCUT2D eigenvalue weighted by Crippen LogP contribution is -2.04. The van der Waals surface area contributed by atoms with E-state index in [9.17, 15) is 23.8 Å². The standard InChI is InChI=1S/C17H14ClF2NO4S/c1-8-10(5-15(23)24)11-4-14(22)12(18)6-13(11)21(8)7-9-2-3-16(26-9)25-17(19)20/h2-4,6,17,22H,5,7H2,1H3,(H,23,24). The number of aromatic hydroxyl groups is 1. The fourth-order valence-corrected chi connectivity index (χ4v) is 3.89. The molecule has 0 amide bonds. The van der Waals surface area contributed by atoms with Crippen LogP contribution in [0.4, 0.5) is 8.78 Å². The highest BCUT2D eigenvalue weighted by Crippen LogP contribution is 2.36. The zero-order valence-corrected chi connectivity index (χ0v) is 15.1. The third-order valence-electron chi connectivity index (χ3n) is 4.01. The molecule has 5 nitrogen and oxygen atoms in total. The molecule has 1 aromatic carbocycles. The summed E-state index contributed by atoms with van der Waals surface area (Å²) in [4.78, 5) is 12.0. The number of rotatable bonds is 6. The van der Waals surface area contributed by atoms with Crippen LogP contribution < -0.4 is 4.74 Å². The minimum atomic E-state index is -2.89. The lowest BCUT2D eigenvalue weighted by molar-refractivity contribution is -0.136. The summed E-state index contributed by atoms with van der Waals surface area (Å²) in [5.41, 5.74) is 1.93. The number of hydrogen-bond donors (Lipinski definition) is 2. The minimum absolute atomic E-state index is 0.102. The quantitative estimate of drug-likeness (QED) is 0.630. The van der Waals surface area contributed by atoms with Gasteiger partial charge in [0, 0.05) is 16.0 Å². The molecule has 0 aliphatic carbocycles. The Balaban J connectivity index is 2.07. The number of alkyl halides is 2. The van der Waals surface area contributed by atoms with Gasteiger partial charge in [-0.2, -0.15) is 8.78 Å². The van der Waals surface area contributed by atoms with Crippen LogP contribution in [0.3, 0.4) is 0 Å². The Labute approximate surface area is 156 Å². The third-order valence-corrected chi connectivity index (χ3v) is 5.27. The Hall–Kier alpha value is -2.32. The predicted molar refractivity (Wildman–Crippen MR) is 94.7 cm³/mol. The number of thiophene rings is 1. The largest absolute Gasteiger partial charge is 0.506 e. The number of fused-ring (bicyclic) bond motifs is 1. The van der Waals surface area contributed by atoms with E-state index in [0.717, 1.165) is 16.2 Å². The van der Waals surface area contributed by atoms with Gasteiger partial charge < -0.3 is 19.5 Å². The number of phenolic OH excluding ortho intramolecular Hbond substituents is 1. The van der Waals surface area contributed by atoms with E-state index in [1.54, 1.807) is 19.1 Å². The molecule has 138 valence electrons. The van der Waals surface area contributed by atoms with Crippen molar-refractivity contribution in [1.82, 2.24) is 4.57 Å². The van der Waals surface area contributed by atoms with Gasteiger partial charge in [-0.15, -0.1) is 11.3 Å². The topological polar surface area (TPSA) is 71.7 Å². The highest BCUT2D eigenvalue weighted by atomic mass is 35.5. The summed E-state index contributed by atoms with van der Waals surface area (Å²) >= 11 is 7.09. The second kappa shape index (κ2) is 7.13. The number of ether oxygens (including phenoxy) is 1. The van der Waals surface area contributed by atoms with E-state index < -0.39 is 12.6 Å². The van der Waals surface area contributed by atoms with Crippen LogP contribution in [0, 0.1) is 6.92 Å². The Morgan fingerprint density at radius 1 is 1.38 bits per heavy atom. The van der Waals surface area contributed by atoms with Crippen molar-refractivity contribution in [2.45, 2.75) is 26.5 Å². The van der Waals surface area contributed by atoms with Gasteiger partial charge in [-0.25, -0.2) is 0 Å². The highest BCUT2D eigenvalue weighted by molar-refractivity contribution is 7.13. The maximum atomic E-state index is 12.3. The Kier molecular flexibility index (Phi) is 5.06. The summed E-state index contributed by atoms with van der Waals surface area (Å²) in [6.07, 6.45) is -0.208. The number of phenols is 1. The van der Waals surface area contributed by atoms with Gasteiger partial charge in [0.1, 0.15) is 5.75 Å². The Bertz CT molecular complexity index is 983. The van der Waals surface area contributed by atoms with E-state index in [1.807, 2.05) is 4.57 Å². The smallest absolute Gasteiger partial charge is 0.388 e. The molecule has 0 bridgehead atoms. The van der Waals surface area contributed by atoms with Crippen LogP contribution in [0.2, 0.25) is 5.02 Å². The summed E-state index contributed by atoms with van der Waals surface area (Å²) in [6.45, 7) is -0.784. The summed E-state index contributed by atoms with van der Waals surface area (Å²) in [5.74, 6) is -1.13. The summed E-state index contributed by atoms with van der Waals surface area (Å²) in [5, 5.41) is 19.9. The average Bonchev–Trinajstić information content (AvgIpc) is 3.06. The zero-order chi connectivity index (χ0) is 19.0. The number of carboxylic acid groups (broad SMARTS) is 1. The maximum absolute atomic E-state index is 12.3. The first-order valence-electron chi connectivity index (χ1n) is 7.51. The summed E-state index contributed by atoms with van der Waals surface area (Å²) in [6, 6.07) is 6.14. The van der Waals surface area contributed by atoms with E-state index in [4.69, 9.17) is 11.6 Å². The van der Waals surface area contributed by atoms with Gasteiger partial charge in [0.05, 0.1) is 23.5 Å². The number of hydrogen-bond acceptors (Lipinski definition) is 4. The van der Waals surface area contributed by atoms with Gasteiger partial charge in [-0.3, -0.25) is 4.79 Å². The number of nitrogens with zero attached hydrogens (tertiary/aromatic N) is 1. The Morgan fingerprint density at radius 2 is 2.12 bits per heavy atom. The summed E-state index contributed by atoms with van der Waals surface area (Å²) < 4.78 is 30.9. The normalized spacial score (nSPS) is 11.4. The van der Waals surface area contributed by atoms with Crippen LogP contribution >= 0.6 is 22.9 Å². The molecule has 9 heteroatoms. The van der Waals surface area contributed by atoms with Crippen LogP contribution in [-0.2, 0) is 17.8 Å². The molecule has 0 saturated heterocycles. The second-order valence-electron chi connectivity index (χ2n) is 5.64. The Morgan fingerprint density at radius 3 is 2.77 bits per heavy atom. The molecule has 0 saturated carbocycles. The molecule has 2 N–H and O–H groups in total. The lowest BCUT2D eigenvalue weighted by atomic mass is 10.1. The van der Waals surface area contributed by atoms with E-state index in [2.05, 4.69) is 4.74 Å². The molecule has 26 heavy (non-hydrogen) atoms. The van der Waals surface area contributed by atoms with Crippen molar-refractivity contribution in [2.75, 3.05) is 0 Å². The molecule has 3 aromatic rings. The molecule has 0 fully saturated rings. The molecule has 0 atom stereocenters. The fourth-order valence-electron chi connectivity index (χ4n) is 2.88. The van der Waals surface area contributed by atoms with Gasteiger partial charge in [0.25, 0.3) is 0 Å². The average molecular weight is 402 g/mol. The minimum Gasteiger partial charge on any atom is -0.506 e. The molecule has 2 heterocycles. The first kappa shape index (κ1) is 18.5. The van der Waals surface area contributed by atoms with E-state index >= 15 is 0 Å². The van der Waals surface area contributed by atoms with Crippen LogP contribution in [0.25, 0.3) is 10.9 Å². The fraction of sp³-hybridized carbons (Fsp3) is 0.235. The van der Waals surface area contributed by atoms with Crippen LogP contribution in [0.15, 0.2) is 24.3 Å². The predicted octanol–water partition coefficient (Wildman–Crippen LogP) is 4.65. The van der Waals surface area contributed by atoms with Gasteiger partial charge in [-0.1, -0.05) is 11.6 Å². The number of halogens is 3. The lowest BCUT2D eigenvalue weighted by Gasteiger charge is -2.08. The van der Waals surface area contributed by atoms with E-state index in [0.29, 0.717) is 28.7 Å². The molecule has 0 radical (unpaired) electrons. The molecule has 0 spiro atoms. The molecule has 0 aliphatic heterocycles. The van der Waals surface area contributed by atoms with E-state index in [-0.39, 0.29) is 22.3 Å². The first-order chi connectivity index (χ1) is 12.3. The number of aliphatic carboxylic acids is 1. The van der Waals surface area contributed by atoms with Crippen molar-refractivity contribution in [2.24, 2.45) is 0 Å². The van der Waals surface area contributed by atoms with Crippen molar-refractivity contribution in [3.8, 4) is 10.8 Å². The highest BCUT2D eigenvalue weighted by Gasteiger charge is 2.19. The molecule has 0 unspecified atom stereocenters. The van der Waals surface area contributed by atoms with Gasteiger partial charge >= 0.3 is 12.6 Å². The monoisotopic (exact) mass is 401 g/mol. The molecule has 3 rings (SSSR count). The number of aromatic nitrogens is 1. The van der Waals surface area contributed by atoms with Crippen LogP contribution in [-0.4, -0.2) is 27.4 Å². The van der Waals surface area contributed by atoms with Crippen molar-refractivity contribution >= 4 is 39.8 Å². The summed E-state index contributed by atoms with van der Waals surface area (Å²) in [7, 11) is 0. The van der Waals surface area contributed by atoms with Crippen molar-refractivity contribution in [3.63, 3.8) is 0 Å². The third kappa shape index (κ3) is 3.61. The molecular formula is C17H14ClF2NO4S. The van der Waals surface area contributed by atoms with Crippen molar-refractivity contribution < 1.29 is 28.5 Å². The molecule has 2 aromatic heterocycles. The van der Waals surface area contributed by atoms with E-state index in [1.165, 1.54) is 12.1 Å². The number of carboxylic acids is 1. The zero-order valence-electron chi connectivity index (χ0n) is 13.5. The van der Waals surface area contributed by atoms with Gasteiger partial charge in [0.2, 0.25) is 0 Å². The maximum Gasteiger partial charge on any atom is 0.388 e. The van der Waals surface area contributed by atoms with Crippen molar-refractivity contribution in [3.05, 3.63) is 45.4 Å². The SMILES string of the molecule is Cc1c(CC(=O)O)c2cc(O)c(Cl)cc2n1Cc1ccc(OC(F)F)s1. The van der Waals surface area contributed by atoms with Gasteiger partial charge in [0.15, 0.2) is 5.06 Å². The van der Waals surface area contributed by atoms with Crippen LogP contribution in [0.1, 0.15) is 16.1 Å². The molecular weight excluding hydrogens is 388 g/mol. The first-order valence-corrected chi connectivity index (χ1v) is 8.71. The van der Waals surface area contributed by atoms with Gasteiger partial charge in [-0.05, 0) is 36.8 Å². The van der Waals surface area contributed by atoms with Crippen LogP contribution in [0.5, 0.6) is 10.8 Å². The number of benzene rings is 1.